The lowest BCUT2D eigenvalue weighted by Crippen LogP contribution is -2.20. The van der Waals surface area contributed by atoms with Gasteiger partial charge in [0.25, 0.3) is 0 Å². The number of amides is 1. The van der Waals surface area contributed by atoms with Crippen molar-refractivity contribution >= 4 is 23.7 Å². The molecule has 3 aromatic rings. The van der Waals surface area contributed by atoms with Gasteiger partial charge in [0, 0.05) is 10.6 Å². The van der Waals surface area contributed by atoms with Gasteiger partial charge in [0.1, 0.15) is 11.5 Å². The third kappa shape index (κ3) is 4.61. The Kier molecular flexibility index (Phi) is 5.54. The second kappa shape index (κ2) is 8.02. The van der Waals surface area contributed by atoms with Gasteiger partial charge in [0.05, 0.1) is 12.6 Å². The minimum absolute atomic E-state index is 0.171. The van der Waals surface area contributed by atoms with Gasteiger partial charge in [-0.25, -0.2) is 5.43 Å². The summed E-state index contributed by atoms with van der Waals surface area (Å²) in [6, 6.07) is 17.1. The Balaban J connectivity index is 1.59. The molecule has 1 aromatic heterocycles. The van der Waals surface area contributed by atoms with Crippen molar-refractivity contribution in [2.75, 3.05) is 0 Å². The molecule has 0 spiro atoms. The number of furan rings is 1. The fraction of sp³-hybridized carbons (Fsp3) is 0.143. The standard InChI is InChI=1S/C21H19ClN2O2/c1-14-6-7-16(15(2)10-14)12-21(25)24-23-13-19-8-9-20(26-19)17-4-3-5-18(22)11-17/h3-11,13H,12H2,1-2H3,(H,24,25)/b23-13+. The highest BCUT2D eigenvalue weighted by atomic mass is 35.5. The van der Waals surface area contributed by atoms with Crippen LogP contribution in [0.1, 0.15) is 22.5 Å². The maximum Gasteiger partial charge on any atom is 0.244 e. The number of halogens is 1. The average molecular weight is 367 g/mol. The van der Waals surface area contributed by atoms with Crippen molar-refractivity contribution in [1.82, 2.24) is 5.43 Å². The summed E-state index contributed by atoms with van der Waals surface area (Å²) in [6.45, 7) is 4.03. The smallest absolute Gasteiger partial charge is 0.244 e. The first-order chi connectivity index (χ1) is 12.5. The first-order valence-corrected chi connectivity index (χ1v) is 8.63. The maximum absolute atomic E-state index is 12.0. The van der Waals surface area contributed by atoms with Crippen molar-refractivity contribution < 1.29 is 9.21 Å². The molecule has 0 atom stereocenters. The molecule has 1 heterocycles. The van der Waals surface area contributed by atoms with Crippen LogP contribution in [0.2, 0.25) is 5.02 Å². The van der Waals surface area contributed by atoms with Crippen LogP contribution in [0.15, 0.2) is 64.1 Å². The van der Waals surface area contributed by atoms with E-state index in [1.807, 2.05) is 56.3 Å². The van der Waals surface area contributed by atoms with Gasteiger partial charge < -0.3 is 4.42 Å². The molecule has 0 unspecified atom stereocenters. The maximum atomic E-state index is 12.0. The van der Waals surface area contributed by atoms with E-state index in [1.165, 1.54) is 11.8 Å². The van der Waals surface area contributed by atoms with Crippen molar-refractivity contribution in [1.29, 1.82) is 0 Å². The fourth-order valence-corrected chi connectivity index (χ4v) is 2.83. The molecule has 5 heteroatoms. The van der Waals surface area contributed by atoms with E-state index in [4.69, 9.17) is 16.0 Å². The molecule has 0 aliphatic rings. The van der Waals surface area contributed by atoms with E-state index in [9.17, 15) is 4.79 Å². The zero-order chi connectivity index (χ0) is 18.5. The van der Waals surface area contributed by atoms with Crippen molar-refractivity contribution in [2.24, 2.45) is 5.10 Å². The topological polar surface area (TPSA) is 54.6 Å². The third-order valence-corrected chi connectivity index (χ3v) is 4.20. The predicted molar refractivity (Wildman–Crippen MR) is 105 cm³/mol. The Hall–Kier alpha value is -2.85. The highest BCUT2D eigenvalue weighted by Gasteiger charge is 2.06. The van der Waals surface area contributed by atoms with Crippen LogP contribution in [0.5, 0.6) is 0 Å². The van der Waals surface area contributed by atoms with Crippen LogP contribution < -0.4 is 5.43 Å². The highest BCUT2D eigenvalue weighted by Crippen LogP contribution is 2.24. The van der Waals surface area contributed by atoms with Crippen LogP contribution in [0.4, 0.5) is 0 Å². The van der Waals surface area contributed by atoms with Crippen LogP contribution in [-0.2, 0) is 11.2 Å². The van der Waals surface area contributed by atoms with E-state index in [-0.39, 0.29) is 12.3 Å². The molecule has 1 amide bonds. The van der Waals surface area contributed by atoms with Crippen molar-refractivity contribution in [3.05, 3.63) is 82.1 Å². The zero-order valence-electron chi connectivity index (χ0n) is 14.6. The number of hydrogen-bond acceptors (Lipinski definition) is 3. The molecule has 1 N–H and O–H groups in total. The molecule has 26 heavy (non-hydrogen) atoms. The van der Waals surface area contributed by atoms with Crippen LogP contribution in [0.25, 0.3) is 11.3 Å². The van der Waals surface area contributed by atoms with Crippen LogP contribution >= 0.6 is 11.6 Å². The molecule has 132 valence electrons. The van der Waals surface area contributed by atoms with E-state index >= 15 is 0 Å². The number of hydrazone groups is 1. The Bertz CT molecular complexity index is 960. The molecule has 0 saturated heterocycles. The van der Waals surface area contributed by atoms with Crippen LogP contribution in [0, 0.1) is 13.8 Å². The van der Waals surface area contributed by atoms with E-state index in [0.717, 1.165) is 16.7 Å². The summed E-state index contributed by atoms with van der Waals surface area (Å²) < 4.78 is 5.70. The first-order valence-electron chi connectivity index (χ1n) is 8.25. The number of hydrogen-bond donors (Lipinski definition) is 1. The lowest BCUT2D eigenvalue weighted by molar-refractivity contribution is -0.120. The van der Waals surface area contributed by atoms with Gasteiger partial charge in [-0.2, -0.15) is 5.10 Å². The van der Waals surface area contributed by atoms with Gasteiger partial charge in [-0.15, -0.1) is 0 Å². The average Bonchev–Trinajstić information content (AvgIpc) is 3.06. The molecule has 0 radical (unpaired) electrons. The number of rotatable bonds is 5. The van der Waals surface area contributed by atoms with E-state index < -0.39 is 0 Å². The second-order valence-corrected chi connectivity index (χ2v) is 6.55. The van der Waals surface area contributed by atoms with Gasteiger partial charge >= 0.3 is 0 Å². The Labute approximate surface area is 157 Å². The van der Waals surface area contributed by atoms with Crippen LogP contribution in [-0.4, -0.2) is 12.1 Å². The number of nitrogens with zero attached hydrogens (tertiary/aromatic N) is 1. The number of nitrogens with one attached hydrogen (secondary N) is 1. The Morgan fingerprint density at radius 2 is 2.00 bits per heavy atom. The monoisotopic (exact) mass is 366 g/mol. The Morgan fingerprint density at radius 1 is 1.15 bits per heavy atom. The van der Waals surface area contributed by atoms with Crippen molar-refractivity contribution in [3.63, 3.8) is 0 Å². The molecule has 0 fully saturated rings. The number of carbonyl (C=O) groups excluding carboxylic acids is 1. The SMILES string of the molecule is Cc1ccc(CC(=O)N/N=C/c2ccc(-c3cccc(Cl)c3)o2)c(C)c1. The molecule has 0 bridgehead atoms. The Morgan fingerprint density at radius 3 is 2.77 bits per heavy atom. The summed E-state index contributed by atoms with van der Waals surface area (Å²) >= 11 is 5.99. The summed E-state index contributed by atoms with van der Waals surface area (Å²) in [5.74, 6) is 1.07. The number of aryl methyl sites for hydroxylation is 2. The van der Waals surface area contributed by atoms with E-state index in [0.29, 0.717) is 16.5 Å². The van der Waals surface area contributed by atoms with E-state index in [2.05, 4.69) is 16.6 Å². The second-order valence-electron chi connectivity index (χ2n) is 6.11. The summed E-state index contributed by atoms with van der Waals surface area (Å²) in [5, 5.41) is 4.61. The zero-order valence-corrected chi connectivity index (χ0v) is 15.4. The minimum Gasteiger partial charge on any atom is -0.455 e. The molecule has 4 nitrogen and oxygen atoms in total. The predicted octanol–water partition coefficient (Wildman–Crippen LogP) is 4.91. The van der Waals surface area contributed by atoms with Crippen LogP contribution in [0.3, 0.4) is 0 Å². The highest BCUT2D eigenvalue weighted by molar-refractivity contribution is 6.30. The molecular formula is C21H19ClN2O2. The van der Waals surface area contributed by atoms with Crippen molar-refractivity contribution in [3.8, 4) is 11.3 Å². The molecule has 0 aliphatic carbocycles. The molecular weight excluding hydrogens is 348 g/mol. The lowest BCUT2D eigenvalue weighted by atomic mass is 10.0. The number of carbonyl (C=O) groups is 1. The molecule has 3 rings (SSSR count). The largest absolute Gasteiger partial charge is 0.455 e. The molecule has 0 saturated carbocycles. The summed E-state index contributed by atoms with van der Waals surface area (Å²) in [5.41, 5.74) is 6.68. The van der Waals surface area contributed by atoms with Gasteiger partial charge in [0.15, 0.2) is 0 Å². The molecule has 2 aromatic carbocycles. The summed E-state index contributed by atoms with van der Waals surface area (Å²) in [7, 11) is 0. The van der Waals surface area contributed by atoms with Gasteiger partial charge in [-0.3, -0.25) is 4.79 Å². The summed E-state index contributed by atoms with van der Waals surface area (Å²) in [4.78, 5) is 12.0. The fourth-order valence-electron chi connectivity index (χ4n) is 2.64. The number of benzene rings is 2. The third-order valence-electron chi connectivity index (χ3n) is 3.97. The quantitative estimate of drug-likeness (QED) is 0.515. The van der Waals surface area contributed by atoms with Crippen molar-refractivity contribution in [2.45, 2.75) is 20.3 Å². The normalized spacial score (nSPS) is 11.0. The minimum atomic E-state index is -0.171. The lowest BCUT2D eigenvalue weighted by Gasteiger charge is -2.05. The van der Waals surface area contributed by atoms with Gasteiger partial charge in [-0.1, -0.05) is 47.5 Å². The molecule has 0 aliphatic heterocycles. The van der Waals surface area contributed by atoms with Gasteiger partial charge in [0.2, 0.25) is 5.91 Å². The van der Waals surface area contributed by atoms with E-state index in [1.54, 1.807) is 6.07 Å². The summed E-state index contributed by atoms with van der Waals surface area (Å²) in [6.07, 6.45) is 1.77. The van der Waals surface area contributed by atoms with Gasteiger partial charge in [-0.05, 0) is 49.2 Å². The first kappa shape index (κ1) is 18.0.